The Bertz CT molecular complexity index is 430. The third-order valence-electron chi connectivity index (χ3n) is 6.96. The predicted molar refractivity (Wildman–Crippen MR) is 112 cm³/mol. The summed E-state index contributed by atoms with van der Waals surface area (Å²) in [6, 6.07) is 1.53. The number of amides is 1. The van der Waals surface area contributed by atoms with Gasteiger partial charge in [0.1, 0.15) is 0 Å². The summed E-state index contributed by atoms with van der Waals surface area (Å²) in [5.41, 5.74) is 0. The van der Waals surface area contributed by atoms with Crippen LogP contribution in [0, 0.1) is 0 Å². The van der Waals surface area contributed by atoms with E-state index in [1.54, 1.807) is 0 Å². The van der Waals surface area contributed by atoms with Crippen molar-refractivity contribution in [3.63, 3.8) is 0 Å². The second kappa shape index (κ2) is 10.8. The van der Waals surface area contributed by atoms with Gasteiger partial charge in [-0.25, -0.2) is 0 Å². The maximum Gasteiger partial charge on any atom is 0.236 e. The predicted octanol–water partition coefficient (Wildman–Crippen LogP) is 2.66. The van der Waals surface area contributed by atoms with Crippen LogP contribution in [0.3, 0.4) is 0 Å². The summed E-state index contributed by atoms with van der Waals surface area (Å²) in [4.78, 5) is 22.6. The van der Waals surface area contributed by atoms with Crippen molar-refractivity contribution in [2.75, 3.05) is 58.9 Å². The molecule has 0 N–H and O–H groups in total. The van der Waals surface area contributed by atoms with Crippen molar-refractivity contribution in [2.45, 2.75) is 77.3 Å². The van der Waals surface area contributed by atoms with E-state index in [2.05, 4.69) is 33.4 Å². The van der Waals surface area contributed by atoms with E-state index in [-0.39, 0.29) is 0 Å². The van der Waals surface area contributed by atoms with Gasteiger partial charge in [0.15, 0.2) is 0 Å². The molecule has 0 aromatic carbocycles. The molecule has 5 nitrogen and oxygen atoms in total. The summed E-state index contributed by atoms with van der Waals surface area (Å²) >= 11 is 0. The third kappa shape index (κ3) is 5.91. The van der Waals surface area contributed by atoms with Crippen LogP contribution >= 0.6 is 0 Å². The Kier molecular flexibility index (Phi) is 8.41. The molecule has 2 heterocycles. The number of hydrogen-bond acceptors (Lipinski definition) is 4. The molecule has 0 radical (unpaired) electrons. The van der Waals surface area contributed by atoms with Crippen molar-refractivity contribution in [2.24, 2.45) is 0 Å². The van der Waals surface area contributed by atoms with Gasteiger partial charge in [0.2, 0.25) is 5.91 Å². The Morgan fingerprint density at radius 1 is 0.852 bits per heavy atom. The second-order valence-corrected chi connectivity index (χ2v) is 8.90. The fraction of sp³-hybridized carbons (Fsp3) is 0.955. The van der Waals surface area contributed by atoms with Crippen LogP contribution in [-0.4, -0.2) is 96.5 Å². The lowest BCUT2D eigenvalue weighted by atomic mass is 10.0. The first-order valence-corrected chi connectivity index (χ1v) is 11.7. The zero-order chi connectivity index (χ0) is 19.1. The first-order chi connectivity index (χ1) is 13.2. The number of carbonyl (C=O) groups is 1. The molecule has 0 bridgehead atoms. The smallest absolute Gasteiger partial charge is 0.236 e. The van der Waals surface area contributed by atoms with Crippen molar-refractivity contribution in [3.8, 4) is 0 Å². The topological polar surface area (TPSA) is 30.0 Å². The zero-order valence-electron chi connectivity index (χ0n) is 17.9. The van der Waals surface area contributed by atoms with Gasteiger partial charge in [-0.05, 0) is 51.6 Å². The summed E-state index contributed by atoms with van der Waals surface area (Å²) in [6.45, 7) is 13.9. The minimum Gasteiger partial charge on any atom is -0.339 e. The van der Waals surface area contributed by atoms with Gasteiger partial charge in [-0.3, -0.25) is 14.6 Å². The molecular formula is C22H42N4O. The zero-order valence-corrected chi connectivity index (χ0v) is 17.9. The van der Waals surface area contributed by atoms with Crippen LogP contribution in [0.1, 0.15) is 65.2 Å². The molecule has 3 fully saturated rings. The Balaban J connectivity index is 1.37. The first kappa shape index (κ1) is 21.1. The van der Waals surface area contributed by atoms with Gasteiger partial charge in [0.05, 0.1) is 6.54 Å². The van der Waals surface area contributed by atoms with Gasteiger partial charge >= 0.3 is 0 Å². The molecule has 0 unspecified atom stereocenters. The van der Waals surface area contributed by atoms with E-state index in [1.165, 1.54) is 64.5 Å². The highest BCUT2D eigenvalue weighted by atomic mass is 16.2. The Morgan fingerprint density at radius 2 is 1.44 bits per heavy atom. The molecule has 5 heteroatoms. The fourth-order valence-corrected chi connectivity index (χ4v) is 5.39. The van der Waals surface area contributed by atoms with E-state index < -0.39 is 0 Å². The number of likely N-dealkylation sites (tertiary alicyclic amines) is 1. The summed E-state index contributed by atoms with van der Waals surface area (Å²) < 4.78 is 0. The van der Waals surface area contributed by atoms with Crippen molar-refractivity contribution >= 4 is 5.91 Å². The number of piperidine rings is 1. The van der Waals surface area contributed by atoms with Gasteiger partial charge in [-0.1, -0.05) is 26.7 Å². The van der Waals surface area contributed by atoms with Crippen LogP contribution in [0.2, 0.25) is 0 Å². The van der Waals surface area contributed by atoms with E-state index in [0.717, 1.165) is 51.4 Å². The number of rotatable bonds is 8. The summed E-state index contributed by atoms with van der Waals surface area (Å²) in [5.74, 6) is 0.360. The number of nitrogens with zero attached hydrogens (tertiary/aromatic N) is 4. The van der Waals surface area contributed by atoms with Crippen LogP contribution in [0.5, 0.6) is 0 Å². The highest BCUT2D eigenvalue weighted by Gasteiger charge is 2.29. The Morgan fingerprint density at radius 3 is 2.00 bits per heavy atom. The maximum absolute atomic E-state index is 12.8. The molecule has 2 saturated heterocycles. The monoisotopic (exact) mass is 378 g/mol. The molecule has 27 heavy (non-hydrogen) atoms. The van der Waals surface area contributed by atoms with Crippen LogP contribution < -0.4 is 0 Å². The SMILES string of the molecule is CCCN(CCC)C1CCN(CC(=O)N2CCN(C3CCCC3)CC2)CC1. The van der Waals surface area contributed by atoms with Crippen LogP contribution in [0.25, 0.3) is 0 Å². The molecule has 1 amide bonds. The lowest BCUT2D eigenvalue weighted by Crippen LogP contribution is -2.54. The number of piperazine rings is 1. The summed E-state index contributed by atoms with van der Waals surface area (Å²) in [6.07, 6.45) is 10.5. The third-order valence-corrected chi connectivity index (χ3v) is 6.96. The minimum atomic E-state index is 0.360. The van der Waals surface area contributed by atoms with Crippen molar-refractivity contribution in [1.29, 1.82) is 0 Å². The molecular weight excluding hydrogens is 336 g/mol. The summed E-state index contributed by atoms with van der Waals surface area (Å²) in [7, 11) is 0. The molecule has 0 aromatic rings. The minimum absolute atomic E-state index is 0.360. The quantitative estimate of drug-likeness (QED) is 0.650. The molecule has 0 atom stereocenters. The largest absolute Gasteiger partial charge is 0.339 e. The average molecular weight is 379 g/mol. The maximum atomic E-state index is 12.8. The van der Waals surface area contributed by atoms with E-state index in [1.807, 2.05) is 0 Å². The van der Waals surface area contributed by atoms with E-state index >= 15 is 0 Å². The molecule has 0 spiro atoms. The Hall–Kier alpha value is -0.650. The normalized spacial score (nSPS) is 24.2. The lowest BCUT2D eigenvalue weighted by Gasteiger charge is -2.40. The van der Waals surface area contributed by atoms with Gasteiger partial charge in [0.25, 0.3) is 0 Å². The van der Waals surface area contributed by atoms with Gasteiger partial charge in [-0.15, -0.1) is 0 Å². The molecule has 3 rings (SSSR count). The standard InChI is InChI=1S/C22H42N4O/c1-3-11-24(12-4-2)21-9-13-23(14-10-21)19-22(27)26-17-15-25(16-18-26)20-7-5-6-8-20/h20-21H,3-19H2,1-2H3. The number of carbonyl (C=O) groups excluding carboxylic acids is 1. The fourth-order valence-electron chi connectivity index (χ4n) is 5.39. The highest BCUT2D eigenvalue weighted by molar-refractivity contribution is 5.78. The van der Waals surface area contributed by atoms with Crippen LogP contribution in [0.4, 0.5) is 0 Å². The summed E-state index contributed by atoms with van der Waals surface area (Å²) in [5, 5.41) is 0. The van der Waals surface area contributed by atoms with Crippen molar-refractivity contribution in [3.05, 3.63) is 0 Å². The molecule has 0 aromatic heterocycles. The molecule has 3 aliphatic rings. The van der Waals surface area contributed by atoms with E-state index in [9.17, 15) is 4.79 Å². The number of hydrogen-bond donors (Lipinski definition) is 0. The highest BCUT2D eigenvalue weighted by Crippen LogP contribution is 2.24. The Labute approximate surface area is 167 Å². The van der Waals surface area contributed by atoms with E-state index in [4.69, 9.17) is 0 Å². The van der Waals surface area contributed by atoms with Gasteiger partial charge in [0, 0.05) is 51.4 Å². The first-order valence-electron chi connectivity index (χ1n) is 11.7. The van der Waals surface area contributed by atoms with Gasteiger partial charge in [-0.2, -0.15) is 0 Å². The molecule has 2 aliphatic heterocycles. The van der Waals surface area contributed by atoms with E-state index in [0.29, 0.717) is 12.5 Å². The lowest BCUT2D eigenvalue weighted by molar-refractivity contribution is -0.134. The van der Waals surface area contributed by atoms with Crippen LogP contribution in [-0.2, 0) is 4.79 Å². The molecule has 156 valence electrons. The average Bonchev–Trinajstić information content (AvgIpc) is 3.23. The molecule has 1 saturated carbocycles. The second-order valence-electron chi connectivity index (χ2n) is 8.90. The van der Waals surface area contributed by atoms with Crippen molar-refractivity contribution in [1.82, 2.24) is 19.6 Å². The van der Waals surface area contributed by atoms with Crippen molar-refractivity contribution < 1.29 is 4.79 Å². The van der Waals surface area contributed by atoms with Gasteiger partial charge < -0.3 is 9.80 Å². The molecule has 1 aliphatic carbocycles. The van der Waals surface area contributed by atoms with Crippen LogP contribution in [0.15, 0.2) is 0 Å².